The fourth-order valence-corrected chi connectivity index (χ4v) is 4.49. The van der Waals surface area contributed by atoms with Crippen molar-refractivity contribution in [3.8, 4) is 17.5 Å². The molecule has 0 spiro atoms. The van der Waals surface area contributed by atoms with Gasteiger partial charge in [0.05, 0.1) is 22.9 Å². The summed E-state index contributed by atoms with van der Waals surface area (Å²) in [5.74, 6) is -0.477. The number of aromatic nitrogens is 2. The van der Waals surface area contributed by atoms with Crippen molar-refractivity contribution in [3.05, 3.63) is 81.4 Å². The van der Waals surface area contributed by atoms with Gasteiger partial charge in [-0.05, 0) is 42.3 Å². The molecular weight excluding hydrogens is 423 g/mol. The van der Waals surface area contributed by atoms with Crippen LogP contribution in [0.4, 0.5) is 4.39 Å². The van der Waals surface area contributed by atoms with Crippen LogP contribution in [0.3, 0.4) is 0 Å². The van der Waals surface area contributed by atoms with Crippen LogP contribution in [0.25, 0.3) is 11.4 Å². The molecule has 2 aliphatic heterocycles. The summed E-state index contributed by atoms with van der Waals surface area (Å²) in [5.41, 5.74) is 5.51. The molecule has 0 saturated carbocycles. The van der Waals surface area contributed by atoms with Crippen molar-refractivity contribution in [3.63, 3.8) is 0 Å². The predicted molar refractivity (Wildman–Crippen MR) is 116 cm³/mol. The van der Waals surface area contributed by atoms with Crippen LogP contribution in [-0.2, 0) is 24.3 Å². The lowest BCUT2D eigenvalue weighted by Crippen LogP contribution is -2.34. The Morgan fingerprint density at radius 2 is 2.18 bits per heavy atom. The topological polar surface area (TPSA) is 99.3 Å². The summed E-state index contributed by atoms with van der Waals surface area (Å²) in [6.45, 7) is 3.91. The average molecular weight is 444 g/mol. The molecule has 0 bridgehead atoms. The Bertz CT molecular complexity index is 1320. The fourth-order valence-electron chi connectivity index (χ4n) is 4.49. The molecule has 5 rings (SSSR count). The highest BCUT2D eigenvalue weighted by Crippen LogP contribution is 2.30. The molecule has 2 aliphatic rings. The summed E-state index contributed by atoms with van der Waals surface area (Å²) >= 11 is 0. The van der Waals surface area contributed by atoms with Crippen molar-refractivity contribution in [1.82, 2.24) is 14.9 Å². The van der Waals surface area contributed by atoms with E-state index in [2.05, 4.69) is 14.9 Å². The van der Waals surface area contributed by atoms with Gasteiger partial charge >= 0.3 is 5.97 Å². The number of hydrogen-bond donors (Lipinski definition) is 1. The Balaban J connectivity index is 1.31. The molecule has 0 radical (unpaired) electrons. The Kier molecular flexibility index (Phi) is 5.36. The quantitative estimate of drug-likeness (QED) is 0.617. The molecule has 1 atom stereocenters. The first-order chi connectivity index (χ1) is 15.9. The molecule has 0 fully saturated rings. The Hall–Kier alpha value is -3.67. The Morgan fingerprint density at radius 3 is 2.97 bits per heavy atom. The van der Waals surface area contributed by atoms with Gasteiger partial charge in [0, 0.05) is 48.9 Å². The van der Waals surface area contributed by atoms with E-state index in [1.807, 2.05) is 13.0 Å². The number of benzene rings is 2. The number of carbonyl (C=O) groups excluding carboxylic acids is 1. The molecule has 1 N–H and O–H groups in total. The first kappa shape index (κ1) is 21.2. The minimum absolute atomic E-state index is 0.0105. The number of halogens is 1. The van der Waals surface area contributed by atoms with E-state index in [1.165, 1.54) is 12.1 Å². The number of β-amino-alcohol motifs (C(OH)–C–C–N with tert-alkyl or cyclic N) is 1. The molecule has 2 aromatic carbocycles. The van der Waals surface area contributed by atoms with E-state index in [9.17, 15) is 14.3 Å². The van der Waals surface area contributed by atoms with Gasteiger partial charge in [-0.2, -0.15) is 5.26 Å². The van der Waals surface area contributed by atoms with E-state index < -0.39 is 11.9 Å². The summed E-state index contributed by atoms with van der Waals surface area (Å²) in [6.07, 6.45) is 1.73. The standard InChI is InChI=1S/C25H21FN4O3/c1-14-18(4-5-19-20(14)13-33-25(19)32)23(31)12-30-7-6-22-17(11-30)10-28-24(29-22)15-2-3-16(9-27)21(26)8-15/h2-5,8,10,23,31H,6-7,11-13H2,1H3. The van der Waals surface area contributed by atoms with Gasteiger partial charge in [-0.3, -0.25) is 4.90 Å². The van der Waals surface area contributed by atoms with Gasteiger partial charge in [0.2, 0.25) is 0 Å². The third-order valence-corrected chi connectivity index (χ3v) is 6.36. The lowest BCUT2D eigenvalue weighted by molar-refractivity contribution is 0.0535. The highest BCUT2D eigenvalue weighted by molar-refractivity contribution is 5.93. The molecule has 166 valence electrons. The molecule has 1 unspecified atom stereocenters. The molecule has 0 aliphatic carbocycles. The van der Waals surface area contributed by atoms with Gasteiger partial charge in [0.25, 0.3) is 0 Å². The second kappa shape index (κ2) is 8.35. The molecule has 7 nitrogen and oxygen atoms in total. The maximum atomic E-state index is 14.0. The number of aliphatic hydroxyl groups is 1. The smallest absolute Gasteiger partial charge is 0.338 e. The van der Waals surface area contributed by atoms with Gasteiger partial charge in [-0.15, -0.1) is 0 Å². The second-order valence-electron chi connectivity index (χ2n) is 8.35. The van der Waals surface area contributed by atoms with Crippen LogP contribution in [0.5, 0.6) is 0 Å². The van der Waals surface area contributed by atoms with Crippen molar-refractivity contribution >= 4 is 5.97 Å². The summed E-state index contributed by atoms with van der Waals surface area (Å²) in [7, 11) is 0. The van der Waals surface area contributed by atoms with Crippen LogP contribution in [0.2, 0.25) is 0 Å². The lowest BCUT2D eigenvalue weighted by atomic mass is 9.95. The van der Waals surface area contributed by atoms with E-state index in [0.717, 1.165) is 27.9 Å². The number of carbonyl (C=O) groups is 1. The van der Waals surface area contributed by atoms with Crippen LogP contribution in [0, 0.1) is 24.1 Å². The normalized spacial score (nSPS) is 16.0. The highest BCUT2D eigenvalue weighted by Gasteiger charge is 2.27. The van der Waals surface area contributed by atoms with Gasteiger partial charge in [-0.25, -0.2) is 19.2 Å². The number of cyclic esters (lactones) is 1. The zero-order valence-corrected chi connectivity index (χ0v) is 18.0. The predicted octanol–water partition coefficient (Wildman–Crippen LogP) is 3.22. The van der Waals surface area contributed by atoms with E-state index in [-0.39, 0.29) is 18.1 Å². The van der Waals surface area contributed by atoms with Gasteiger partial charge in [0.15, 0.2) is 5.82 Å². The minimum Gasteiger partial charge on any atom is -0.457 e. The number of nitrogens with zero attached hydrogens (tertiary/aromatic N) is 4. The monoisotopic (exact) mass is 444 g/mol. The summed E-state index contributed by atoms with van der Waals surface area (Å²) in [6, 6.07) is 9.69. The average Bonchev–Trinajstić information content (AvgIpc) is 3.20. The zero-order valence-electron chi connectivity index (χ0n) is 18.0. The molecular formula is C25H21FN4O3. The third kappa shape index (κ3) is 3.86. The Morgan fingerprint density at radius 1 is 1.33 bits per heavy atom. The summed E-state index contributed by atoms with van der Waals surface area (Å²) in [5, 5.41) is 19.8. The molecule has 1 aromatic heterocycles. The van der Waals surface area contributed by atoms with Crippen LogP contribution >= 0.6 is 0 Å². The van der Waals surface area contributed by atoms with Crippen molar-refractivity contribution in [1.29, 1.82) is 5.26 Å². The minimum atomic E-state index is -0.700. The van der Waals surface area contributed by atoms with Crippen molar-refractivity contribution in [2.24, 2.45) is 0 Å². The van der Waals surface area contributed by atoms with Crippen LogP contribution in [0.1, 0.15) is 50.0 Å². The Labute approximate surface area is 190 Å². The number of hydrogen-bond acceptors (Lipinski definition) is 7. The van der Waals surface area contributed by atoms with Gasteiger partial charge < -0.3 is 9.84 Å². The van der Waals surface area contributed by atoms with E-state index in [1.54, 1.807) is 24.4 Å². The number of esters is 1. The first-order valence-corrected chi connectivity index (χ1v) is 10.7. The van der Waals surface area contributed by atoms with Crippen molar-refractivity contribution < 1.29 is 19.0 Å². The molecule has 8 heteroatoms. The summed E-state index contributed by atoms with van der Waals surface area (Å²) < 4.78 is 19.1. The fraction of sp³-hybridized carbons (Fsp3) is 0.280. The maximum absolute atomic E-state index is 14.0. The molecule has 3 heterocycles. The number of nitriles is 1. The van der Waals surface area contributed by atoms with Gasteiger partial charge in [-0.1, -0.05) is 6.07 Å². The number of fused-ring (bicyclic) bond motifs is 2. The van der Waals surface area contributed by atoms with Crippen molar-refractivity contribution in [2.45, 2.75) is 32.6 Å². The lowest BCUT2D eigenvalue weighted by Gasteiger charge is -2.30. The third-order valence-electron chi connectivity index (χ3n) is 6.36. The SMILES string of the molecule is Cc1c(C(O)CN2CCc3nc(-c4ccc(C#N)c(F)c4)ncc3C2)ccc2c1COC2=O. The number of rotatable bonds is 4. The van der Waals surface area contributed by atoms with Crippen LogP contribution in [-0.4, -0.2) is 39.0 Å². The van der Waals surface area contributed by atoms with Gasteiger partial charge in [0.1, 0.15) is 18.5 Å². The second-order valence-corrected chi connectivity index (χ2v) is 8.35. The van der Waals surface area contributed by atoms with E-state index >= 15 is 0 Å². The zero-order chi connectivity index (χ0) is 23.1. The largest absolute Gasteiger partial charge is 0.457 e. The van der Waals surface area contributed by atoms with E-state index in [4.69, 9.17) is 10.00 Å². The first-order valence-electron chi connectivity index (χ1n) is 10.7. The summed E-state index contributed by atoms with van der Waals surface area (Å²) in [4.78, 5) is 22.9. The number of aliphatic hydroxyl groups excluding tert-OH is 1. The van der Waals surface area contributed by atoms with Crippen molar-refractivity contribution in [2.75, 3.05) is 13.1 Å². The molecule has 33 heavy (non-hydrogen) atoms. The van der Waals surface area contributed by atoms with E-state index in [0.29, 0.717) is 43.0 Å². The molecule has 3 aromatic rings. The highest BCUT2D eigenvalue weighted by atomic mass is 19.1. The maximum Gasteiger partial charge on any atom is 0.338 e. The van der Waals surface area contributed by atoms with Crippen LogP contribution in [0.15, 0.2) is 36.5 Å². The number of ether oxygens (including phenoxy) is 1. The van der Waals surface area contributed by atoms with Crippen LogP contribution < -0.4 is 0 Å². The molecule has 0 saturated heterocycles. The molecule has 0 amide bonds.